The van der Waals surface area contributed by atoms with Crippen molar-refractivity contribution in [3.8, 4) is 0 Å². The van der Waals surface area contributed by atoms with E-state index >= 15 is 0 Å². The molecule has 1 atom stereocenters. The molecule has 2 aliphatic carbocycles. The van der Waals surface area contributed by atoms with Gasteiger partial charge in [-0.15, -0.1) is 0 Å². The van der Waals surface area contributed by atoms with Crippen LogP contribution in [0.5, 0.6) is 0 Å². The number of hydrogen-bond donors (Lipinski definition) is 2. The molecule has 0 unspecified atom stereocenters. The van der Waals surface area contributed by atoms with E-state index in [9.17, 15) is 14.7 Å². The van der Waals surface area contributed by atoms with E-state index in [1.54, 1.807) is 12.1 Å². The lowest BCUT2D eigenvalue weighted by Gasteiger charge is -2.35. The number of nitrogens with zero attached hydrogens (tertiary/aromatic N) is 1. The van der Waals surface area contributed by atoms with E-state index in [0.717, 1.165) is 48.5 Å². The summed E-state index contributed by atoms with van der Waals surface area (Å²) in [6.07, 6.45) is 5.40. The Morgan fingerprint density at radius 3 is 2.55 bits per heavy atom. The molecule has 0 aliphatic heterocycles. The molecule has 2 fully saturated rings. The number of hydrogen-bond acceptors (Lipinski definition) is 4. The zero-order valence-electron chi connectivity index (χ0n) is 19.6. The number of carbonyl (C=O) groups is 2. The smallest absolute Gasteiger partial charge is 0.304 e. The van der Waals surface area contributed by atoms with Crippen molar-refractivity contribution in [3.63, 3.8) is 0 Å². The van der Waals surface area contributed by atoms with Gasteiger partial charge in [-0.3, -0.25) is 9.59 Å². The lowest BCUT2D eigenvalue weighted by atomic mass is 9.69. The first-order chi connectivity index (χ1) is 15.7. The van der Waals surface area contributed by atoms with Crippen molar-refractivity contribution in [3.05, 3.63) is 45.8 Å². The summed E-state index contributed by atoms with van der Waals surface area (Å²) in [6.45, 7) is 6.43. The molecular formula is C26H33ClN2O4. The minimum Gasteiger partial charge on any atom is -0.481 e. The lowest BCUT2D eigenvalue weighted by Crippen LogP contribution is -2.24. The standard InChI is InChI=1S/C26H33ClN2O4/c1-14(2)8-16-10-19(11-16)26-24(17-5-6-17)25(29-33-26)18(13-23(31)32)12-22(30)28-21-7-4-15(3)9-20(21)27/h4,7,9,14,16-19H,5-6,8,10-13H2,1-3H3,(H,28,30)(H,31,32)/t16?,18-,19?/m0/s1. The largest absolute Gasteiger partial charge is 0.481 e. The summed E-state index contributed by atoms with van der Waals surface area (Å²) in [6, 6.07) is 5.42. The second-order valence-corrected chi connectivity index (χ2v) is 10.7. The van der Waals surface area contributed by atoms with Gasteiger partial charge < -0.3 is 14.9 Å². The third-order valence-corrected chi connectivity index (χ3v) is 7.13. The lowest BCUT2D eigenvalue weighted by molar-refractivity contribution is -0.137. The molecule has 6 nitrogen and oxygen atoms in total. The topological polar surface area (TPSA) is 92.4 Å². The van der Waals surface area contributed by atoms with Crippen LogP contribution in [0.25, 0.3) is 0 Å². The van der Waals surface area contributed by atoms with Gasteiger partial charge in [0.25, 0.3) is 0 Å². The average Bonchev–Trinajstić information content (AvgIpc) is 3.44. The van der Waals surface area contributed by atoms with Crippen molar-refractivity contribution in [2.75, 3.05) is 5.32 Å². The van der Waals surface area contributed by atoms with Crippen LogP contribution in [0.2, 0.25) is 5.02 Å². The number of aliphatic carboxylic acids is 1. The molecule has 0 spiro atoms. The summed E-state index contributed by atoms with van der Waals surface area (Å²) >= 11 is 6.25. The average molecular weight is 473 g/mol. The van der Waals surface area contributed by atoms with Crippen LogP contribution in [0.1, 0.15) is 99.1 Å². The molecule has 2 saturated carbocycles. The molecule has 0 bridgehead atoms. The first-order valence-electron chi connectivity index (χ1n) is 12.0. The quantitative estimate of drug-likeness (QED) is 0.404. The maximum Gasteiger partial charge on any atom is 0.304 e. The molecule has 2 N–H and O–H groups in total. The number of aryl methyl sites for hydroxylation is 1. The van der Waals surface area contributed by atoms with Gasteiger partial charge in [0, 0.05) is 23.8 Å². The maximum atomic E-state index is 12.8. The van der Waals surface area contributed by atoms with Crippen molar-refractivity contribution in [1.82, 2.24) is 5.16 Å². The third-order valence-electron chi connectivity index (χ3n) is 6.82. The number of carbonyl (C=O) groups excluding carboxylic acids is 1. The van der Waals surface area contributed by atoms with Crippen LogP contribution in [0.3, 0.4) is 0 Å². The minimum atomic E-state index is -0.951. The van der Waals surface area contributed by atoms with E-state index in [0.29, 0.717) is 34.2 Å². The fraction of sp³-hybridized carbons (Fsp3) is 0.577. The molecule has 4 rings (SSSR count). The maximum absolute atomic E-state index is 12.8. The van der Waals surface area contributed by atoms with Gasteiger partial charge in [-0.2, -0.15) is 0 Å². The van der Waals surface area contributed by atoms with Crippen LogP contribution in [0.4, 0.5) is 5.69 Å². The van der Waals surface area contributed by atoms with Crippen molar-refractivity contribution < 1.29 is 19.2 Å². The summed E-state index contributed by atoms with van der Waals surface area (Å²) in [5.41, 5.74) is 3.26. The number of aromatic nitrogens is 1. The summed E-state index contributed by atoms with van der Waals surface area (Å²) in [4.78, 5) is 24.5. The molecule has 2 aliphatic rings. The second kappa shape index (κ2) is 9.88. The molecule has 0 saturated heterocycles. The molecule has 1 aromatic heterocycles. The second-order valence-electron chi connectivity index (χ2n) is 10.3. The summed E-state index contributed by atoms with van der Waals surface area (Å²) < 4.78 is 5.85. The fourth-order valence-corrected chi connectivity index (χ4v) is 5.41. The van der Waals surface area contributed by atoms with Crippen molar-refractivity contribution in [2.24, 2.45) is 11.8 Å². The van der Waals surface area contributed by atoms with Gasteiger partial charge in [-0.25, -0.2) is 0 Å². The van der Waals surface area contributed by atoms with Gasteiger partial charge in [0.2, 0.25) is 5.91 Å². The number of carboxylic acid groups (broad SMARTS) is 1. The normalized spacial score (nSPS) is 21.0. The number of halogens is 1. The SMILES string of the molecule is Cc1ccc(NC(=O)C[C@@H](CC(=O)O)c2noc(C3CC(CC(C)C)C3)c2C2CC2)c(Cl)c1. The van der Waals surface area contributed by atoms with Crippen LogP contribution in [-0.2, 0) is 9.59 Å². The first kappa shape index (κ1) is 23.8. The number of nitrogens with one attached hydrogen (secondary N) is 1. The summed E-state index contributed by atoms with van der Waals surface area (Å²) in [7, 11) is 0. The van der Waals surface area contributed by atoms with Crippen LogP contribution in [0, 0.1) is 18.8 Å². The van der Waals surface area contributed by atoms with E-state index < -0.39 is 11.9 Å². The highest BCUT2D eigenvalue weighted by molar-refractivity contribution is 6.33. The minimum absolute atomic E-state index is 0.0167. The van der Waals surface area contributed by atoms with Gasteiger partial charge in [0.15, 0.2) is 0 Å². The summed E-state index contributed by atoms with van der Waals surface area (Å²) in [5.74, 6) is 1.30. The zero-order chi connectivity index (χ0) is 23.7. The highest BCUT2D eigenvalue weighted by Crippen LogP contribution is 2.52. The van der Waals surface area contributed by atoms with Gasteiger partial charge in [-0.1, -0.05) is 36.7 Å². The third kappa shape index (κ3) is 5.78. The van der Waals surface area contributed by atoms with E-state index in [2.05, 4.69) is 24.3 Å². The predicted molar refractivity (Wildman–Crippen MR) is 128 cm³/mol. The molecule has 2 aromatic rings. The van der Waals surface area contributed by atoms with E-state index in [4.69, 9.17) is 16.1 Å². The Labute approximate surface area is 200 Å². The Kier molecular flexibility index (Phi) is 7.13. The number of rotatable bonds is 10. The fourth-order valence-electron chi connectivity index (χ4n) is 5.13. The van der Waals surface area contributed by atoms with Crippen molar-refractivity contribution in [1.29, 1.82) is 0 Å². The van der Waals surface area contributed by atoms with Gasteiger partial charge in [-0.05, 0) is 74.5 Å². The van der Waals surface area contributed by atoms with E-state index in [1.807, 2.05) is 13.0 Å². The first-order valence-corrected chi connectivity index (χ1v) is 12.4. The van der Waals surface area contributed by atoms with Crippen molar-refractivity contribution >= 4 is 29.2 Å². The van der Waals surface area contributed by atoms with E-state index in [-0.39, 0.29) is 18.7 Å². The Morgan fingerprint density at radius 1 is 1.21 bits per heavy atom. The molecule has 1 heterocycles. The molecule has 7 heteroatoms. The van der Waals surface area contributed by atoms with Crippen LogP contribution in [-0.4, -0.2) is 22.1 Å². The van der Waals surface area contributed by atoms with Gasteiger partial charge >= 0.3 is 5.97 Å². The Hall–Kier alpha value is -2.34. The van der Waals surface area contributed by atoms with Crippen LogP contribution >= 0.6 is 11.6 Å². The van der Waals surface area contributed by atoms with Crippen LogP contribution < -0.4 is 5.32 Å². The Morgan fingerprint density at radius 2 is 1.94 bits per heavy atom. The summed E-state index contributed by atoms with van der Waals surface area (Å²) in [5, 5.41) is 17.2. The molecule has 1 amide bonds. The molecule has 178 valence electrons. The molecule has 0 radical (unpaired) electrons. The molecule has 33 heavy (non-hydrogen) atoms. The Bertz CT molecular complexity index is 1020. The predicted octanol–water partition coefficient (Wildman–Crippen LogP) is 6.64. The number of anilines is 1. The number of benzene rings is 1. The van der Waals surface area contributed by atoms with Crippen molar-refractivity contribution in [2.45, 2.75) is 83.5 Å². The van der Waals surface area contributed by atoms with Gasteiger partial charge in [0.1, 0.15) is 5.76 Å². The highest BCUT2D eigenvalue weighted by atomic mass is 35.5. The molecule has 1 aromatic carbocycles. The molecular weight excluding hydrogens is 440 g/mol. The Balaban J connectivity index is 1.52. The highest BCUT2D eigenvalue weighted by Gasteiger charge is 2.42. The van der Waals surface area contributed by atoms with Gasteiger partial charge in [0.05, 0.1) is 22.8 Å². The van der Waals surface area contributed by atoms with E-state index in [1.165, 1.54) is 6.42 Å². The number of amides is 1. The number of carboxylic acids is 1. The zero-order valence-corrected chi connectivity index (χ0v) is 20.3. The van der Waals surface area contributed by atoms with Crippen LogP contribution in [0.15, 0.2) is 22.7 Å². The monoisotopic (exact) mass is 472 g/mol.